The van der Waals surface area contributed by atoms with Crippen molar-refractivity contribution in [3.63, 3.8) is 0 Å². The van der Waals surface area contributed by atoms with Gasteiger partial charge in [-0.15, -0.1) is 0 Å². The molecule has 14 nitrogen and oxygen atoms in total. The van der Waals surface area contributed by atoms with E-state index in [-0.39, 0.29) is 43.5 Å². The number of hydrogen-bond acceptors (Lipinski definition) is 9. The van der Waals surface area contributed by atoms with Crippen molar-refractivity contribution in [2.75, 3.05) is 13.2 Å². The van der Waals surface area contributed by atoms with Gasteiger partial charge in [0.15, 0.2) is 11.6 Å². The Bertz CT molecular complexity index is 1870. The summed E-state index contributed by atoms with van der Waals surface area (Å²) in [4.78, 5) is 60.1. The Hall–Kier alpha value is -4.47. The van der Waals surface area contributed by atoms with Crippen LogP contribution in [0.25, 0.3) is 10.8 Å². The van der Waals surface area contributed by atoms with Gasteiger partial charge >= 0.3 is 6.09 Å². The lowest BCUT2D eigenvalue weighted by molar-refractivity contribution is -0.142. The Labute approximate surface area is 301 Å². The summed E-state index contributed by atoms with van der Waals surface area (Å²) in [5.41, 5.74) is -1.56. The molecule has 6 rings (SSSR count). The molecule has 2 aliphatic carbocycles. The molecule has 4 amide bonds. The van der Waals surface area contributed by atoms with Gasteiger partial charge in [0.25, 0.3) is 5.91 Å². The van der Waals surface area contributed by atoms with Gasteiger partial charge in [0.2, 0.25) is 27.7 Å². The number of carboxylic acid groups (broad SMARTS) is 1. The van der Waals surface area contributed by atoms with Gasteiger partial charge in [-0.05, 0) is 80.9 Å². The number of carbonyl (C=O) groups excluding carboxylic acids is 3. The number of amides is 4. The second-order valence-electron chi connectivity index (χ2n) is 14.4. The fourth-order valence-electron chi connectivity index (χ4n) is 7.51. The number of aromatic nitrogens is 1. The Morgan fingerprint density at radius 1 is 1.17 bits per heavy atom. The molecular weight excluding hydrogens is 697 g/mol. The molecule has 4 N–H and O–H groups in total. The van der Waals surface area contributed by atoms with E-state index in [2.05, 4.69) is 20.3 Å². The number of carbonyl (C=O) groups is 4. The molecular formula is C36H46FN5O9S. The third-order valence-electron chi connectivity index (χ3n) is 10.6. The van der Waals surface area contributed by atoms with Crippen LogP contribution in [0.4, 0.5) is 9.18 Å². The van der Waals surface area contributed by atoms with Crippen LogP contribution in [0.15, 0.2) is 36.5 Å². The molecule has 7 atom stereocenters. The van der Waals surface area contributed by atoms with E-state index < -0.39 is 80.5 Å². The highest BCUT2D eigenvalue weighted by Crippen LogP contribution is 2.46. The SMILES string of the molecule is CCOc1cc2ccnc(O[C@@H]3C[C@H]4C(=O)N[C@]5(C(=O)NS(=O)(=O)C6CC6)C[C@H]5/C=C\CC[C@H](C)C[C@@H](CC)[C@H](NC(=O)O)C(=O)N4C3)c2cc1F. The Kier molecular flexibility index (Phi) is 10.7. The van der Waals surface area contributed by atoms with E-state index in [4.69, 9.17) is 9.47 Å². The van der Waals surface area contributed by atoms with Gasteiger partial charge in [-0.2, -0.15) is 0 Å². The number of halogens is 1. The minimum absolute atomic E-state index is 0.0639. The van der Waals surface area contributed by atoms with Crippen molar-refractivity contribution in [3.8, 4) is 11.6 Å². The summed E-state index contributed by atoms with van der Waals surface area (Å²) < 4.78 is 54.4. The van der Waals surface area contributed by atoms with Crippen LogP contribution in [0.1, 0.15) is 72.1 Å². The van der Waals surface area contributed by atoms with E-state index in [0.29, 0.717) is 42.9 Å². The first-order valence-electron chi connectivity index (χ1n) is 18.0. The first-order chi connectivity index (χ1) is 24.8. The van der Waals surface area contributed by atoms with Crippen LogP contribution in [-0.4, -0.2) is 89.4 Å². The van der Waals surface area contributed by atoms with Gasteiger partial charge in [-0.3, -0.25) is 19.1 Å². The van der Waals surface area contributed by atoms with Crippen molar-refractivity contribution in [2.45, 2.75) is 101 Å². The summed E-state index contributed by atoms with van der Waals surface area (Å²) in [5.74, 6) is -3.44. The monoisotopic (exact) mass is 743 g/mol. The van der Waals surface area contributed by atoms with Crippen molar-refractivity contribution in [1.29, 1.82) is 0 Å². The topological polar surface area (TPSA) is 193 Å². The largest absolute Gasteiger partial charge is 0.491 e. The zero-order valence-electron chi connectivity index (χ0n) is 29.5. The summed E-state index contributed by atoms with van der Waals surface area (Å²) in [6, 6.07) is 2.04. The molecule has 2 aliphatic heterocycles. The number of allylic oxidation sites excluding steroid dienone is 1. The van der Waals surface area contributed by atoms with Crippen molar-refractivity contribution >= 4 is 44.6 Å². The molecule has 52 heavy (non-hydrogen) atoms. The van der Waals surface area contributed by atoms with Crippen LogP contribution < -0.4 is 24.8 Å². The number of ether oxygens (including phenoxy) is 2. The van der Waals surface area contributed by atoms with E-state index in [1.807, 2.05) is 26.0 Å². The summed E-state index contributed by atoms with van der Waals surface area (Å²) >= 11 is 0. The molecule has 1 aromatic carbocycles. The molecule has 0 spiro atoms. The zero-order valence-corrected chi connectivity index (χ0v) is 30.3. The second-order valence-corrected chi connectivity index (χ2v) is 16.4. The van der Waals surface area contributed by atoms with Crippen LogP contribution in [0.2, 0.25) is 0 Å². The summed E-state index contributed by atoms with van der Waals surface area (Å²) in [6.45, 7) is 5.77. The molecule has 1 saturated heterocycles. The van der Waals surface area contributed by atoms with E-state index in [1.54, 1.807) is 13.0 Å². The Balaban J connectivity index is 1.35. The molecule has 3 fully saturated rings. The van der Waals surface area contributed by atoms with Crippen molar-refractivity contribution in [2.24, 2.45) is 17.8 Å². The molecule has 2 aromatic rings. The smallest absolute Gasteiger partial charge is 0.405 e. The maximum atomic E-state index is 15.0. The van der Waals surface area contributed by atoms with E-state index in [0.717, 1.165) is 6.42 Å². The van der Waals surface area contributed by atoms with Gasteiger partial charge in [0.1, 0.15) is 23.7 Å². The first kappa shape index (κ1) is 37.3. The van der Waals surface area contributed by atoms with Crippen LogP contribution in [0, 0.1) is 23.6 Å². The minimum Gasteiger partial charge on any atom is -0.491 e. The highest BCUT2D eigenvalue weighted by atomic mass is 32.2. The summed E-state index contributed by atoms with van der Waals surface area (Å²) in [5, 5.41) is 15.3. The minimum atomic E-state index is -3.93. The van der Waals surface area contributed by atoms with E-state index in [1.165, 1.54) is 23.2 Å². The number of rotatable bonds is 9. The van der Waals surface area contributed by atoms with Crippen LogP contribution >= 0.6 is 0 Å². The summed E-state index contributed by atoms with van der Waals surface area (Å²) in [7, 11) is -3.93. The molecule has 0 bridgehead atoms. The van der Waals surface area contributed by atoms with E-state index >= 15 is 0 Å². The third kappa shape index (κ3) is 7.81. The highest BCUT2D eigenvalue weighted by Gasteiger charge is 2.62. The number of nitrogens with zero attached hydrogens (tertiary/aromatic N) is 2. The lowest BCUT2D eigenvalue weighted by Gasteiger charge is -2.33. The van der Waals surface area contributed by atoms with Crippen molar-refractivity contribution < 1.29 is 46.6 Å². The molecule has 0 unspecified atom stereocenters. The quantitative estimate of drug-likeness (QED) is 0.276. The molecule has 16 heteroatoms. The number of sulfonamides is 1. The maximum Gasteiger partial charge on any atom is 0.405 e. The van der Waals surface area contributed by atoms with E-state index in [9.17, 15) is 37.1 Å². The molecule has 2 saturated carbocycles. The zero-order chi connectivity index (χ0) is 37.4. The van der Waals surface area contributed by atoms with Crippen LogP contribution in [0.3, 0.4) is 0 Å². The predicted octanol–water partition coefficient (Wildman–Crippen LogP) is 3.64. The first-order valence-corrected chi connectivity index (χ1v) is 19.5. The number of nitrogens with one attached hydrogen (secondary N) is 3. The Morgan fingerprint density at radius 2 is 1.94 bits per heavy atom. The fourth-order valence-corrected chi connectivity index (χ4v) is 8.88. The van der Waals surface area contributed by atoms with Gasteiger partial charge in [0.05, 0.1) is 18.4 Å². The number of fused-ring (bicyclic) bond motifs is 3. The lowest BCUT2D eigenvalue weighted by Crippen LogP contribution is -2.59. The molecule has 282 valence electrons. The average Bonchev–Trinajstić information content (AvgIpc) is 4.02. The molecule has 4 aliphatic rings. The summed E-state index contributed by atoms with van der Waals surface area (Å²) in [6.07, 6.45) is 6.36. The molecule has 3 heterocycles. The highest BCUT2D eigenvalue weighted by molar-refractivity contribution is 7.91. The van der Waals surface area contributed by atoms with Gasteiger partial charge in [0, 0.05) is 23.9 Å². The maximum absolute atomic E-state index is 15.0. The lowest BCUT2D eigenvalue weighted by atomic mass is 9.85. The Morgan fingerprint density at radius 3 is 2.63 bits per heavy atom. The number of pyridine rings is 1. The number of hydrogen-bond donors (Lipinski definition) is 4. The fraction of sp³-hybridized carbons (Fsp3) is 0.583. The molecule has 1 aromatic heterocycles. The second kappa shape index (κ2) is 14.9. The normalized spacial score (nSPS) is 30.2. The van der Waals surface area contributed by atoms with Gasteiger partial charge in [-0.25, -0.2) is 22.6 Å². The predicted molar refractivity (Wildman–Crippen MR) is 187 cm³/mol. The number of benzene rings is 1. The van der Waals surface area contributed by atoms with Crippen LogP contribution in [0.5, 0.6) is 11.6 Å². The third-order valence-corrected chi connectivity index (χ3v) is 12.4. The molecule has 0 radical (unpaired) electrons. The standard InChI is InChI=1S/C36H46FN5O9S/c1-4-21-14-20(3)8-6-7-9-23-18-36(23,34(45)41-52(48,49)25-10-11-25)40-31(43)28-16-24(19-42(28)33(44)30(21)39-35(46)47)51-32-26-17-27(37)29(50-5-2)15-22(26)12-13-38-32/h7,9,12-13,15,17,20-21,23-25,28,30,39H,4-6,8,10-11,14,16,18-19H2,1-3H3,(H,40,43)(H,41,45)(H,46,47)/b9-7-/t20-,21+,23+,24+,28-,30-,36+/m0/s1. The average molecular weight is 744 g/mol. The van der Waals surface area contributed by atoms with Crippen molar-refractivity contribution in [1.82, 2.24) is 25.2 Å². The van der Waals surface area contributed by atoms with Crippen LogP contribution in [-0.2, 0) is 24.4 Å². The van der Waals surface area contributed by atoms with Gasteiger partial charge in [-0.1, -0.05) is 32.4 Å². The van der Waals surface area contributed by atoms with Crippen molar-refractivity contribution in [3.05, 3.63) is 42.4 Å². The van der Waals surface area contributed by atoms with Gasteiger partial charge < -0.3 is 30.1 Å².